The van der Waals surface area contributed by atoms with Crippen molar-refractivity contribution in [3.63, 3.8) is 0 Å². The zero-order chi connectivity index (χ0) is 18.0. The lowest BCUT2D eigenvalue weighted by Gasteiger charge is -2.25. The van der Waals surface area contributed by atoms with Crippen molar-refractivity contribution in [1.29, 1.82) is 0 Å². The van der Waals surface area contributed by atoms with Crippen LogP contribution in [0, 0.1) is 0 Å². The molecule has 6 nitrogen and oxygen atoms in total. The summed E-state index contributed by atoms with van der Waals surface area (Å²) >= 11 is 9.25. The number of aromatic amines is 1. The smallest absolute Gasteiger partial charge is 0.441 e. The molecule has 3 aromatic rings. The van der Waals surface area contributed by atoms with Gasteiger partial charge >= 0.3 is 6.09 Å². The Morgan fingerprint density at radius 1 is 1.48 bits per heavy atom. The monoisotopic (exact) mass is 423 g/mol. The minimum atomic E-state index is -1.21. The van der Waals surface area contributed by atoms with Crippen molar-refractivity contribution in [3.8, 4) is 5.75 Å². The quantitative estimate of drug-likeness (QED) is 0.452. The van der Waals surface area contributed by atoms with E-state index in [9.17, 15) is 9.90 Å². The fourth-order valence-corrected chi connectivity index (χ4v) is 3.04. The number of aromatic nitrogens is 2. The Bertz CT molecular complexity index is 915. The first kappa shape index (κ1) is 17.6. The predicted molar refractivity (Wildman–Crippen MR) is 98.9 cm³/mol. The molecule has 2 N–H and O–H groups in total. The maximum absolute atomic E-state index is 11.7. The minimum absolute atomic E-state index is 0.0914. The fourth-order valence-electron chi connectivity index (χ4n) is 2.59. The van der Waals surface area contributed by atoms with Gasteiger partial charge < -0.3 is 14.9 Å². The standard InChI is InChI=1S/C17H15BrClN3O3/c1-10(6-11-8-20-14-5-3-2-4-13(11)14)22(17(23)24)25-15-7-12(18)9-21-16(15)19/h2-5,7-10,20H,6H2,1H3,(H,23,24). The molecule has 1 atom stereocenters. The van der Waals surface area contributed by atoms with Crippen LogP contribution < -0.4 is 4.84 Å². The highest BCUT2D eigenvalue weighted by molar-refractivity contribution is 9.10. The van der Waals surface area contributed by atoms with E-state index in [2.05, 4.69) is 25.9 Å². The van der Waals surface area contributed by atoms with Gasteiger partial charge in [-0.2, -0.15) is 0 Å². The molecular formula is C17H15BrClN3O3. The summed E-state index contributed by atoms with van der Waals surface area (Å²) in [6.45, 7) is 1.77. The van der Waals surface area contributed by atoms with Crippen LogP contribution in [0.5, 0.6) is 5.75 Å². The van der Waals surface area contributed by atoms with Gasteiger partial charge in [-0.05, 0) is 40.9 Å². The van der Waals surface area contributed by atoms with Gasteiger partial charge in [-0.3, -0.25) is 0 Å². The first-order chi connectivity index (χ1) is 12.0. The summed E-state index contributed by atoms with van der Waals surface area (Å²) in [5.41, 5.74) is 2.02. The van der Waals surface area contributed by atoms with Gasteiger partial charge in [-0.15, -0.1) is 5.06 Å². The Hall–Kier alpha value is -2.25. The van der Waals surface area contributed by atoms with Gasteiger partial charge in [0, 0.05) is 33.8 Å². The number of hydrogen-bond acceptors (Lipinski definition) is 3. The molecule has 0 radical (unpaired) electrons. The largest absolute Gasteiger partial charge is 0.463 e. The molecule has 3 rings (SSSR count). The number of benzene rings is 1. The summed E-state index contributed by atoms with van der Waals surface area (Å²) in [5, 5.41) is 11.6. The van der Waals surface area contributed by atoms with Crippen molar-refractivity contribution in [2.24, 2.45) is 0 Å². The number of halogens is 2. The van der Waals surface area contributed by atoms with Crippen LogP contribution in [-0.4, -0.2) is 32.3 Å². The van der Waals surface area contributed by atoms with Crippen molar-refractivity contribution in [2.45, 2.75) is 19.4 Å². The summed E-state index contributed by atoms with van der Waals surface area (Å²) in [4.78, 5) is 24.3. The third-order valence-corrected chi connectivity index (χ3v) is 4.47. The molecule has 2 heterocycles. The van der Waals surface area contributed by atoms with Gasteiger partial charge in [0.2, 0.25) is 0 Å². The SMILES string of the molecule is CC(Cc1c[nH]c2ccccc12)N(Oc1cc(Br)cnc1Cl)C(=O)O. The molecule has 1 amide bonds. The van der Waals surface area contributed by atoms with E-state index in [1.807, 2.05) is 30.5 Å². The molecule has 130 valence electrons. The lowest BCUT2D eigenvalue weighted by Crippen LogP contribution is -2.41. The molecule has 0 fully saturated rings. The summed E-state index contributed by atoms with van der Waals surface area (Å²) in [5.74, 6) is 0.171. The van der Waals surface area contributed by atoms with Crippen LogP contribution in [0.3, 0.4) is 0 Å². The second kappa shape index (κ2) is 7.33. The van der Waals surface area contributed by atoms with Gasteiger partial charge in [0.1, 0.15) is 0 Å². The van der Waals surface area contributed by atoms with E-state index in [0.717, 1.165) is 21.5 Å². The molecule has 0 saturated heterocycles. The topological polar surface area (TPSA) is 78.5 Å². The summed E-state index contributed by atoms with van der Waals surface area (Å²) in [7, 11) is 0. The van der Waals surface area contributed by atoms with Gasteiger partial charge in [0.25, 0.3) is 0 Å². The second-order valence-corrected chi connectivity index (χ2v) is 6.83. The van der Waals surface area contributed by atoms with Crippen molar-refractivity contribution in [1.82, 2.24) is 15.0 Å². The minimum Gasteiger partial charge on any atom is -0.463 e. The van der Waals surface area contributed by atoms with Crippen molar-refractivity contribution < 1.29 is 14.7 Å². The summed E-state index contributed by atoms with van der Waals surface area (Å²) < 4.78 is 0.640. The number of hydrogen-bond donors (Lipinski definition) is 2. The van der Waals surface area contributed by atoms with Crippen LogP contribution in [0.1, 0.15) is 12.5 Å². The fraction of sp³-hybridized carbons (Fsp3) is 0.176. The van der Waals surface area contributed by atoms with Crippen LogP contribution in [0.4, 0.5) is 4.79 Å². The number of carboxylic acid groups (broad SMARTS) is 1. The number of rotatable bonds is 5. The maximum Gasteiger partial charge on any atom is 0.441 e. The lowest BCUT2D eigenvalue weighted by atomic mass is 10.1. The van der Waals surface area contributed by atoms with Crippen LogP contribution >= 0.6 is 27.5 Å². The van der Waals surface area contributed by atoms with Crippen LogP contribution in [-0.2, 0) is 6.42 Å². The molecule has 0 aliphatic carbocycles. The highest BCUT2D eigenvalue weighted by Gasteiger charge is 2.24. The molecule has 0 saturated carbocycles. The third-order valence-electron chi connectivity index (χ3n) is 3.75. The number of hydroxylamine groups is 2. The van der Waals surface area contributed by atoms with Crippen LogP contribution in [0.2, 0.25) is 5.15 Å². The lowest BCUT2D eigenvalue weighted by molar-refractivity contribution is -0.0636. The van der Waals surface area contributed by atoms with E-state index < -0.39 is 12.1 Å². The number of H-pyrrole nitrogens is 1. The number of carbonyl (C=O) groups is 1. The summed E-state index contributed by atoms with van der Waals surface area (Å²) in [6, 6.07) is 9.00. The Labute approximate surface area is 157 Å². The number of fused-ring (bicyclic) bond motifs is 1. The first-order valence-electron chi connectivity index (χ1n) is 7.52. The van der Waals surface area contributed by atoms with Crippen LogP contribution in [0.25, 0.3) is 10.9 Å². The average molecular weight is 425 g/mol. The van der Waals surface area contributed by atoms with Gasteiger partial charge in [-0.1, -0.05) is 29.8 Å². The van der Waals surface area contributed by atoms with E-state index >= 15 is 0 Å². The zero-order valence-electron chi connectivity index (χ0n) is 13.2. The number of para-hydroxylation sites is 1. The normalized spacial score (nSPS) is 12.1. The predicted octanol–water partition coefficient (Wildman–Crippen LogP) is 4.88. The Balaban J connectivity index is 1.82. The number of amides is 1. The third kappa shape index (κ3) is 3.88. The Kier molecular flexibility index (Phi) is 5.15. The number of pyridine rings is 1. The number of nitrogens with one attached hydrogen (secondary N) is 1. The molecule has 0 spiro atoms. The number of nitrogens with zero attached hydrogens (tertiary/aromatic N) is 2. The molecule has 2 aromatic heterocycles. The van der Waals surface area contributed by atoms with E-state index in [-0.39, 0.29) is 10.9 Å². The van der Waals surface area contributed by atoms with E-state index in [4.69, 9.17) is 16.4 Å². The van der Waals surface area contributed by atoms with E-state index in [0.29, 0.717) is 10.9 Å². The van der Waals surface area contributed by atoms with Gasteiger partial charge in [0.15, 0.2) is 10.9 Å². The average Bonchev–Trinajstić information content (AvgIpc) is 2.98. The molecule has 25 heavy (non-hydrogen) atoms. The van der Waals surface area contributed by atoms with Gasteiger partial charge in [-0.25, -0.2) is 9.78 Å². The van der Waals surface area contributed by atoms with Crippen LogP contribution in [0.15, 0.2) is 47.2 Å². The molecule has 0 bridgehead atoms. The van der Waals surface area contributed by atoms with E-state index in [1.165, 1.54) is 6.20 Å². The zero-order valence-corrected chi connectivity index (χ0v) is 15.6. The maximum atomic E-state index is 11.7. The second-order valence-electron chi connectivity index (χ2n) is 5.55. The summed E-state index contributed by atoms with van der Waals surface area (Å²) in [6.07, 6.45) is 2.67. The molecule has 1 unspecified atom stereocenters. The highest BCUT2D eigenvalue weighted by atomic mass is 79.9. The van der Waals surface area contributed by atoms with Crippen molar-refractivity contribution in [3.05, 3.63) is 57.9 Å². The van der Waals surface area contributed by atoms with Gasteiger partial charge in [0.05, 0.1) is 6.04 Å². The highest BCUT2D eigenvalue weighted by Crippen LogP contribution is 2.27. The van der Waals surface area contributed by atoms with Crippen molar-refractivity contribution >= 4 is 44.5 Å². The van der Waals surface area contributed by atoms with Crippen molar-refractivity contribution in [2.75, 3.05) is 0 Å². The molecule has 8 heteroatoms. The van der Waals surface area contributed by atoms with E-state index in [1.54, 1.807) is 13.0 Å². The molecule has 0 aliphatic rings. The molecular weight excluding hydrogens is 410 g/mol. The Morgan fingerprint density at radius 2 is 2.24 bits per heavy atom. The molecule has 1 aromatic carbocycles. The molecule has 0 aliphatic heterocycles. The first-order valence-corrected chi connectivity index (χ1v) is 8.69. The Morgan fingerprint density at radius 3 is 3.00 bits per heavy atom.